The van der Waals surface area contributed by atoms with Crippen molar-refractivity contribution < 1.29 is 13.9 Å². The molecule has 3 rings (SSSR count). The number of alkyl halides is 1. The van der Waals surface area contributed by atoms with Gasteiger partial charge in [-0.3, -0.25) is 9.98 Å². The van der Waals surface area contributed by atoms with Crippen LogP contribution < -0.4 is 5.32 Å². The monoisotopic (exact) mass is 497 g/mol. The number of halogens is 3. The Balaban J connectivity index is 2.12. The van der Waals surface area contributed by atoms with Gasteiger partial charge in [0.15, 0.2) is 0 Å². The summed E-state index contributed by atoms with van der Waals surface area (Å²) in [6.45, 7) is 6.34. The Kier molecular flexibility index (Phi) is 8.76. The summed E-state index contributed by atoms with van der Waals surface area (Å²) in [4.78, 5) is 8.86. The van der Waals surface area contributed by atoms with Crippen molar-refractivity contribution in [1.29, 1.82) is 0 Å². The van der Waals surface area contributed by atoms with Crippen LogP contribution >= 0.6 is 11.6 Å². The number of nitrogens with zero attached hydrogens (tertiary/aromatic N) is 2. The Bertz CT molecular complexity index is 1280. The van der Waals surface area contributed by atoms with Crippen LogP contribution in [0.5, 0.6) is 0 Å². The SMILES string of the molecule is CC/C=C/C(=C\N=C(C)C(C)(C)O)c1ccc2ncc(Cl)c(NC(CF)c3ccccc3F)c2c1. The van der Waals surface area contributed by atoms with E-state index in [1.807, 2.05) is 37.3 Å². The molecule has 0 saturated heterocycles. The van der Waals surface area contributed by atoms with E-state index in [0.717, 1.165) is 17.6 Å². The van der Waals surface area contributed by atoms with Crippen LogP contribution in [0.2, 0.25) is 5.02 Å². The number of rotatable bonds is 9. The van der Waals surface area contributed by atoms with E-state index in [1.54, 1.807) is 45.2 Å². The summed E-state index contributed by atoms with van der Waals surface area (Å²) in [6, 6.07) is 10.8. The molecule has 0 aliphatic carbocycles. The van der Waals surface area contributed by atoms with Crippen molar-refractivity contribution in [3.05, 3.63) is 89.0 Å². The van der Waals surface area contributed by atoms with E-state index >= 15 is 0 Å². The fraction of sp³-hybridized carbons (Fsp3) is 0.286. The van der Waals surface area contributed by atoms with Gasteiger partial charge in [-0.2, -0.15) is 0 Å². The minimum Gasteiger partial charge on any atom is -0.385 e. The maximum Gasteiger partial charge on any atom is 0.128 e. The zero-order valence-corrected chi connectivity index (χ0v) is 21.1. The van der Waals surface area contributed by atoms with Crippen molar-refractivity contribution >= 4 is 39.5 Å². The van der Waals surface area contributed by atoms with Gasteiger partial charge in [0.05, 0.1) is 27.9 Å². The van der Waals surface area contributed by atoms with Crippen molar-refractivity contribution in [2.24, 2.45) is 4.99 Å². The molecule has 1 heterocycles. The Labute approximate surface area is 210 Å². The first-order valence-corrected chi connectivity index (χ1v) is 11.8. The first-order chi connectivity index (χ1) is 16.7. The number of aliphatic imine (C=N–C) groups is 1. The summed E-state index contributed by atoms with van der Waals surface area (Å²) in [5.41, 5.74) is 2.53. The van der Waals surface area contributed by atoms with Crippen molar-refractivity contribution in [3.8, 4) is 0 Å². The standard InChI is InChI=1S/C28H30ClF2N3O/c1-5-6-9-20(16-32-18(2)28(3,4)35)19-12-13-25-22(14-19)27(23(29)17-33-25)34-26(15-30)21-10-7-8-11-24(21)31/h6-14,16-17,26,35H,5,15H2,1-4H3,(H,33,34)/b9-6+,20-16+,32-18?. The average molecular weight is 498 g/mol. The van der Waals surface area contributed by atoms with Gasteiger partial charge in [-0.1, -0.05) is 54.9 Å². The summed E-state index contributed by atoms with van der Waals surface area (Å²) in [6.07, 6.45) is 8.00. The van der Waals surface area contributed by atoms with Crippen LogP contribution in [0.15, 0.2) is 72.0 Å². The van der Waals surface area contributed by atoms with E-state index in [0.29, 0.717) is 27.3 Å². The summed E-state index contributed by atoms with van der Waals surface area (Å²) in [5.74, 6) is -0.493. The highest BCUT2D eigenvalue weighted by atomic mass is 35.5. The molecule has 0 radical (unpaired) electrons. The molecular formula is C28H30ClF2N3O. The first kappa shape index (κ1) is 26.5. The van der Waals surface area contributed by atoms with E-state index in [4.69, 9.17) is 11.6 Å². The van der Waals surface area contributed by atoms with E-state index < -0.39 is 24.1 Å². The van der Waals surface area contributed by atoms with Gasteiger partial charge >= 0.3 is 0 Å². The molecule has 3 aromatic rings. The molecule has 1 aromatic heterocycles. The second-order valence-corrected chi connectivity index (χ2v) is 9.16. The molecule has 0 aliphatic rings. The lowest BCUT2D eigenvalue weighted by molar-refractivity contribution is 0.153. The maximum absolute atomic E-state index is 14.4. The lowest BCUT2D eigenvalue weighted by Crippen LogP contribution is -2.28. The number of allylic oxidation sites excluding steroid dienone is 3. The highest BCUT2D eigenvalue weighted by Crippen LogP contribution is 2.35. The van der Waals surface area contributed by atoms with Crippen molar-refractivity contribution in [2.75, 3.05) is 12.0 Å². The molecule has 0 aliphatic heterocycles. The van der Waals surface area contributed by atoms with E-state index in [-0.39, 0.29) is 5.56 Å². The second kappa shape index (κ2) is 11.6. The lowest BCUT2D eigenvalue weighted by Gasteiger charge is -2.20. The normalized spacial score (nSPS) is 14.1. The molecule has 7 heteroatoms. The van der Waals surface area contributed by atoms with Crippen LogP contribution in [0.3, 0.4) is 0 Å². The van der Waals surface area contributed by atoms with Gasteiger partial charge in [-0.05, 0) is 56.5 Å². The Morgan fingerprint density at radius 3 is 2.66 bits per heavy atom. The van der Waals surface area contributed by atoms with Crippen molar-refractivity contribution in [1.82, 2.24) is 4.98 Å². The number of anilines is 1. The van der Waals surface area contributed by atoms with Crippen LogP contribution in [0.25, 0.3) is 16.5 Å². The molecule has 2 aromatic carbocycles. The molecule has 0 fully saturated rings. The number of aliphatic hydroxyl groups is 1. The quantitative estimate of drug-likeness (QED) is 0.235. The molecule has 35 heavy (non-hydrogen) atoms. The molecule has 0 bridgehead atoms. The number of hydrogen-bond donors (Lipinski definition) is 2. The smallest absolute Gasteiger partial charge is 0.128 e. The highest BCUT2D eigenvalue weighted by molar-refractivity contribution is 6.34. The first-order valence-electron chi connectivity index (χ1n) is 11.4. The van der Waals surface area contributed by atoms with Crippen molar-refractivity contribution in [3.63, 3.8) is 0 Å². The van der Waals surface area contributed by atoms with Gasteiger partial charge in [-0.15, -0.1) is 0 Å². The molecule has 0 saturated carbocycles. The Hall–Kier alpha value is -3.09. The van der Waals surface area contributed by atoms with Gasteiger partial charge in [-0.25, -0.2) is 8.78 Å². The molecule has 1 atom stereocenters. The van der Waals surface area contributed by atoms with Gasteiger partial charge in [0.2, 0.25) is 0 Å². The minimum atomic E-state index is -1.04. The van der Waals surface area contributed by atoms with Gasteiger partial charge in [0.1, 0.15) is 12.5 Å². The number of nitrogens with one attached hydrogen (secondary N) is 1. The number of pyridine rings is 1. The fourth-order valence-corrected chi connectivity index (χ4v) is 3.61. The summed E-state index contributed by atoms with van der Waals surface area (Å²) in [7, 11) is 0. The summed E-state index contributed by atoms with van der Waals surface area (Å²) in [5, 5.41) is 14.3. The number of hydrogen-bond acceptors (Lipinski definition) is 4. The molecule has 2 N–H and O–H groups in total. The third-order valence-corrected chi connectivity index (χ3v) is 6.01. The Morgan fingerprint density at radius 2 is 2.00 bits per heavy atom. The van der Waals surface area contributed by atoms with Crippen LogP contribution in [-0.4, -0.2) is 28.1 Å². The minimum absolute atomic E-state index is 0.218. The molecule has 4 nitrogen and oxygen atoms in total. The molecule has 0 amide bonds. The van der Waals surface area contributed by atoms with E-state index in [9.17, 15) is 13.9 Å². The lowest BCUT2D eigenvalue weighted by atomic mass is 10.0. The van der Waals surface area contributed by atoms with Crippen LogP contribution in [0.1, 0.15) is 51.3 Å². The van der Waals surface area contributed by atoms with Gasteiger partial charge < -0.3 is 10.4 Å². The molecule has 0 spiro atoms. The van der Waals surface area contributed by atoms with E-state index in [1.165, 1.54) is 12.3 Å². The number of aromatic nitrogens is 1. The zero-order valence-electron chi connectivity index (χ0n) is 20.3. The average Bonchev–Trinajstić information content (AvgIpc) is 2.83. The fourth-order valence-electron chi connectivity index (χ4n) is 3.41. The zero-order chi connectivity index (χ0) is 25.6. The second-order valence-electron chi connectivity index (χ2n) is 8.75. The molecule has 184 valence electrons. The highest BCUT2D eigenvalue weighted by Gasteiger charge is 2.19. The predicted octanol–water partition coefficient (Wildman–Crippen LogP) is 7.69. The van der Waals surface area contributed by atoms with Crippen LogP contribution in [-0.2, 0) is 0 Å². The largest absolute Gasteiger partial charge is 0.385 e. The third kappa shape index (κ3) is 6.53. The molecule has 1 unspecified atom stereocenters. The number of benzene rings is 2. The number of fused-ring (bicyclic) bond motifs is 1. The third-order valence-electron chi connectivity index (χ3n) is 5.72. The van der Waals surface area contributed by atoms with Gasteiger partial charge in [0, 0.05) is 29.1 Å². The molecular weight excluding hydrogens is 468 g/mol. The predicted molar refractivity (Wildman–Crippen MR) is 142 cm³/mol. The topological polar surface area (TPSA) is 57.5 Å². The summed E-state index contributed by atoms with van der Waals surface area (Å²) < 4.78 is 28.4. The van der Waals surface area contributed by atoms with Crippen LogP contribution in [0.4, 0.5) is 14.5 Å². The van der Waals surface area contributed by atoms with Crippen LogP contribution in [0, 0.1) is 5.82 Å². The van der Waals surface area contributed by atoms with Gasteiger partial charge in [0.25, 0.3) is 0 Å². The van der Waals surface area contributed by atoms with E-state index in [2.05, 4.69) is 15.3 Å². The Morgan fingerprint density at radius 1 is 1.26 bits per heavy atom. The maximum atomic E-state index is 14.4. The van der Waals surface area contributed by atoms with Crippen molar-refractivity contribution in [2.45, 2.75) is 45.8 Å². The summed E-state index contributed by atoms with van der Waals surface area (Å²) >= 11 is 6.48.